The van der Waals surface area contributed by atoms with E-state index >= 15 is 0 Å². The fourth-order valence-electron chi connectivity index (χ4n) is 3.98. The minimum absolute atomic E-state index is 0.112. The quantitative estimate of drug-likeness (QED) is 0.152. The maximum Gasteiger partial charge on any atom is 0.201 e. The third-order valence-electron chi connectivity index (χ3n) is 6.14. The summed E-state index contributed by atoms with van der Waals surface area (Å²) in [6.45, 7) is 8.83. The molecule has 1 aromatic heterocycles. The number of ether oxygens (including phenoxy) is 2. The van der Waals surface area contributed by atoms with Crippen LogP contribution in [-0.4, -0.2) is 24.3 Å². The first kappa shape index (κ1) is 28.3. The molecule has 37 heavy (non-hydrogen) atoms. The minimum atomic E-state index is -0.999. The maximum absolute atomic E-state index is 14.6. The van der Waals surface area contributed by atoms with Crippen molar-refractivity contribution in [1.29, 1.82) is 0 Å². The van der Waals surface area contributed by atoms with E-state index in [9.17, 15) is 8.78 Å². The molecular weight excluding hydrogens is 468 g/mol. The van der Waals surface area contributed by atoms with Crippen LogP contribution in [0.1, 0.15) is 58.1 Å². The van der Waals surface area contributed by atoms with Gasteiger partial charge in [-0.1, -0.05) is 68.8 Å². The number of allylic oxidation sites excluding steroid dienone is 1. The Hall–Kier alpha value is -3.31. The predicted octanol–water partition coefficient (Wildman–Crippen LogP) is 9.04. The molecule has 0 fully saturated rings. The number of benzene rings is 2. The molecule has 0 saturated heterocycles. The summed E-state index contributed by atoms with van der Waals surface area (Å²) in [6.07, 6.45) is 14.5. The van der Waals surface area contributed by atoms with Crippen molar-refractivity contribution >= 4 is 6.08 Å². The van der Waals surface area contributed by atoms with E-state index < -0.39 is 11.6 Å². The maximum atomic E-state index is 14.6. The van der Waals surface area contributed by atoms with Gasteiger partial charge in [-0.2, -0.15) is 4.39 Å². The monoisotopic (exact) mass is 505 g/mol. The number of hydrogen-bond donors (Lipinski definition) is 0. The summed E-state index contributed by atoms with van der Waals surface area (Å²) in [5.74, 6) is -2.05. The van der Waals surface area contributed by atoms with Gasteiger partial charge in [-0.25, -0.2) is 4.39 Å². The van der Waals surface area contributed by atoms with E-state index in [1.807, 2.05) is 36.5 Å². The number of aromatic nitrogens is 1. The van der Waals surface area contributed by atoms with Gasteiger partial charge in [0.25, 0.3) is 0 Å². The molecule has 0 aliphatic carbocycles. The second kappa shape index (κ2) is 15.1. The Labute approximate surface area is 219 Å². The summed E-state index contributed by atoms with van der Waals surface area (Å²) < 4.78 is 39.9. The summed E-state index contributed by atoms with van der Waals surface area (Å²) in [5, 5.41) is 0. The molecule has 196 valence electrons. The summed E-state index contributed by atoms with van der Waals surface area (Å²) >= 11 is 0. The van der Waals surface area contributed by atoms with E-state index in [-0.39, 0.29) is 17.9 Å². The predicted molar refractivity (Wildman–Crippen MR) is 149 cm³/mol. The number of rotatable bonds is 15. The second-order valence-electron chi connectivity index (χ2n) is 9.11. The van der Waals surface area contributed by atoms with E-state index in [4.69, 9.17) is 9.47 Å². The standard InChI is InChI=1S/C32H37F2NO2/c1-4-6-10-22-36-24(3)11-8-7-9-12-28-18-17-27(23-35-28)25-13-15-26(16-14-25)29-19-20-30(37-21-5-2)32(34)31(29)33/h5,9,12-20,23-24H,2,4,6-8,10-11,21-22H2,1,3H3/b12-9+. The molecule has 0 spiro atoms. The third-order valence-corrected chi connectivity index (χ3v) is 6.14. The molecule has 1 unspecified atom stereocenters. The Morgan fingerprint density at radius 3 is 2.38 bits per heavy atom. The van der Waals surface area contributed by atoms with Crippen molar-refractivity contribution in [3.63, 3.8) is 0 Å². The average molecular weight is 506 g/mol. The van der Waals surface area contributed by atoms with Crippen molar-refractivity contribution in [1.82, 2.24) is 4.98 Å². The molecule has 0 saturated carbocycles. The summed E-state index contributed by atoms with van der Waals surface area (Å²) in [4.78, 5) is 4.54. The van der Waals surface area contributed by atoms with Crippen molar-refractivity contribution < 1.29 is 18.3 Å². The lowest BCUT2D eigenvalue weighted by atomic mass is 10.0. The SMILES string of the molecule is C=CCOc1ccc(-c2ccc(-c3ccc(/C=C/CCCC(C)OCCCCC)nc3)cc2)c(F)c1F. The first-order valence-electron chi connectivity index (χ1n) is 13.1. The van der Waals surface area contributed by atoms with Gasteiger partial charge >= 0.3 is 0 Å². The topological polar surface area (TPSA) is 31.4 Å². The highest BCUT2D eigenvalue weighted by Crippen LogP contribution is 2.31. The molecule has 3 nitrogen and oxygen atoms in total. The highest BCUT2D eigenvalue weighted by Gasteiger charge is 2.15. The van der Waals surface area contributed by atoms with Crippen LogP contribution < -0.4 is 4.74 Å². The van der Waals surface area contributed by atoms with E-state index in [2.05, 4.69) is 31.5 Å². The van der Waals surface area contributed by atoms with Crippen LogP contribution in [0.4, 0.5) is 8.78 Å². The Morgan fingerprint density at radius 1 is 0.919 bits per heavy atom. The smallest absolute Gasteiger partial charge is 0.201 e. The van der Waals surface area contributed by atoms with Crippen LogP contribution in [0.3, 0.4) is 0 Å². The molecule has 1 atom stereocenters. The van der Waals surface area contributed by atoms with Gasteiger partial charge in [-0.3, -0.25) is 4.98 Å². The highest BCUT2D eigenvalue weighted by atomic mass is 19.2. The largest absolute Gasteiger partial charge is 0.486 e. The molecule has 3 rings (SSSR count). The van der Waals surface area contributed by atoms with Crippen molar-refractivity contribution in [2.24, 2.45) is 0 Å². The molecule has 0 aliphatic rings. The van der Waals surface area contributed by atoms with Gasteiger partial charge in [0.15, 0.2) is 11.6 Å². The Balaban J connectivity index is 1.52. The lowest BCUT2D eigenvalue weighted by Gasteiger charge is -2.11. The van der Waals surface area contributed by atoms with Gasteiger partial charge in [0.1, 0.15) is 6.61 Å². The van der Waals surface area contributed by atoms with Gasteiger partial charge in [-0.05, 0) is 68.0 Å². The number of halogens is 2. The zero-order valence-corrected chi connectivity index (χ0v) is 21.9. The van der Waals surface area contributed by atoms with Gasteiger partial charge in [0.05, 0.1) is 11.8 Å². The molecule has 0 bridgehead atoms. The van der Waals surface area contributed by atoms with Gasteiger partial charge < -0.3 is 9.47 Å². The van der Waals surface area contributed by atoms with Crippen LogP contribution >= 0.6 is 0 Å². The molecule has 1 heterocycles. The van der Waals surface area contributed by atoms with Gasteiger partial charge in [0.2, 0.25) is 5.82 Å². The first-order chi connectivity index (χ1) is 18.0. The second-order valence-corrected chi connectivity index (χ2v) is 9.11. The lowest BCUT2D eigenvalue weighted by Crippen LogP contribution is -2.08. The number of nitrogens with zero attached hydrogens (tertiary/aromatic N) is 1. The Bertz CT molecular complexity index is 1140. The van der Waals surface area contributed by atoms with Crippen LogP contribution in [0.15, 0.2) is 73.5 Å². The number of pyridine rings is 1. The zero-order valence-electron chi connectivity index (χ0n) is 21.9. The molecule has 0 aliphatic heterocycles. The molecule has 3 aromatic rings. The molecule has 0 N–H and O–H groups in total. The van der Waals surface area contributed by atoms with E-state index in [1.54, 1.807) is 12.1 Å². The number of unbranched alkanes of at least 4 members (excludes halogenated alkanes) is 3. The normalized spacial score (nSPS) is 12.1. The fraction of sp³-hybridized carbons (Fsp3) is 0.344. The summed E-state index contributed by atoms with van der Waals surface area (Å²) in [7, 11) is 0. The molecule has 5 heteroatoms. The molecule has 2 aromatic carbocycles. The van der Waals surface area contributed by atoms with E-state index in [1.165, 1.54) is 31.1 Å². The average Bonchev–Trinajstić information content (AvgIpc) is 2.92. The van der Waals surface area contributed by atoms with Crippen molar-refractivity contribution in [3.8, 4) is 28.0 Å². The van der Waals surface area contributed by atoms with Gasteiger partial charge in [0, 0.05) is 23.9 Å². The van der Waals surface area contributed by atoms with Crippen LogP contribution in [0.25, 0.3) is 28.3 Å². The van der Waals surface area contributed by atoms with Crippen LogP contribution in [0.2, 0.25) is 0 Å². The Kier molecular flexibility index (Phi) is 11.5. The van der Waals surface area contributed by atoms with Crippen LogP contribution in [0, 0.1) is 11.6 Å². The van der Waals surface area contributed by atoms with E-state index in [0.717, 1.165) is 49.1 Å². The van der Waals surface area contributed by atoms with E-state index in [0.29, 0.717) is 11.7 Å². The van der Waals surface area contributed by atoms with Crippen molar-refractivity contribution in [3.05, 3.63) is 90.8 Å². The van der Waals surface area contributed by atoms with Crippen LogP contribution in [0.5, 0.6) is 5.75 Å². The minimum Gasteiger partial charge on any atom is -0.486 e. The first-order valence-corrected chi connectivity index (χ1v) is 13.1. The molecule has 0 radical (unpaired) electrons. The fourth-order valence-corrected chi connectivity index (χ4v) is 3.98. The molecule has 0 amide bonds. The third kappa shape index (κ3) is 8.64. The number of hydrogen-bond acceptors (Lipinski definition) is 3. The molecular formula is C32H37F2NO2. The van der Waals surface area contributed by atoms with Crippen molar-refractivity contribution in [2.75, 3.05) is 13.2 Å². The van der Waals surface area contributed by atoms with Crippen LogP contribution in [-0.2, 0) is 4.74 Å². The lowest BCUT2D eigenvalue weighted by molar-refractivity contribution is 0.0566. The van der Waals surface area contributed by atoms with Crippen molar-refractivity contribution in [2.45, 2.75) is 58.5 Å². The van der Waals surface area contributed by atoms with Gasteiger partial charge in [-0.15, -0.1) is 0 Å². The highest BCUT2D eigenvalue weighted by molar-refractivity contribution is 5.71. The summed E-state index contributed by atoms with van der Waals surface area (Å²) in [6, 6.07) is 14.3. The zero-order chi connectivity index (χ0) is 26.5. The Morgan fingerprint density at radius 2 is 1.68 bits per heavy atom. The summed E-state index contributed by atoms with van der Waals surface area (Å²) in [5.41, 5.74) is 3.58.